The van der Waals surface area contributed by atoms with Crippen LogP contribution in [0.2, 0.25) is 0 Å². The van der Waals surface area contributed by atoms with Gasteiger partial charge in [0.1, 0.15) is 23.5 Å². The summed E-state index contributed by atoms with van der Waals surface area (Å²) in [6.07, 6.45) is 1.83. The van der Waals surface area contributed by atoms with E-state index >= 15 is 0 Å². The van der Waals surface area contributed by atoms with Crippen LogP contribution in [0.4, 0.5) is 8.78 Å². The molecule has 2 aromatic carbocycles. The number of hydrogen-bond acceptors (Lipinski definition) is 4. The Kier molecular flexibility index (Phi) is 5.70. The van der Waals surface area contributed by atoms with Crippen molar-refractivity contribution in [1.29, 1.82) is 0 Å². The molecule has 3 N–H and O–H groups in total. The summed E-state index contributed by atoms with van der Waals surface area (Å²) in [5.74, 6) is -2.07. The predicted molar refractivity (Wildman–Crippen MR) is 107 cm³/mol. The lowest BCUT2D eigenvalue weighted by Crippen LogP contribution is -2.40. The number of aliphatic hydroxyl groups is 1. The van der Waals surface area contributed by atoms with E-state index in [1.807, 2.05) is 0 Å². The fourth-order valence-corrected chi connectivity index (χ4v) is 4.09. The second kappa shape index (κ2) is 8.16. The molecule has 0 spiro atoms. The lowest BCUT2D eigenvalue weighted by atomic mass is 10.0. The maximum absolute atomic E-state index is 14.4. The van der Waals surface area contributed by atoms with Crippen LogP contribution in [0, 0.1) is 17.6 Å². The molecule has 1 unspecified atom stereocenters. The molecule has 1 heterocycles. The van der Waals surface area contributed by atoms with Crippen LogP contribution in [-0.2, 0) is 9.36 Å². The summed E-state index contributed by atoms with van der Waals surface area (Å²) >= 11 is 0. The Morgan fingerprint density at radius 2 is 1.90 bits per heavy atom. The average Bonchev–Trinajstić information content (AvgIpc) is 3.46. The summed E-state index contributed by atoms with van der Waals surface area (Å²) in [6.45, 7) is -0.0583. The van der Waals surface area contributed by atoms with E-state index in [-0.39, 0.29) is 23.8 Å². The Hall–Kier alpha value is -2.58. The van der Waals surface area contributed by atoms with Gasteiger partial charge in [0.2, 0.25) is 0 Å². The van der Waals surface area contributed by atoms with Gasteiger partial charge in [0.25, 0.3) is 5.91 Å². The summed E-state index contributed by atoms with van der Waals surface area (Å²) in [6, 6.07) is 8.08. The summed E-state index contributed by atoms with van der Waals surface area (Å²) in [4.78, 5) is 32.4. The van der Waals surface area contributed by atoms with Crippen LogP contribution in [0.15, 0.2) is 48.5 Å². The highest BCUT2D eigenvalue weighted by Crippen LogP contribution is 2.42. The van der Waals surface area contributed by atoms with Gasteiger partial charge in [-0.15, -0.1) is 0 Å². The number of nitrogens with zero attached hydrogens (tertiary/aromatic N) is 1. The standard InChI is InChI=1S/C21H20F2NO6P/c22-15-6-7-18(23)17(10-15)14-9-19(24(11-14)21(26)20(25)12-4-5-12)13-2-1-3-16(8-13)30-31(27,28)29/h1-3,6-10,12,19-20,25H,4-5,11H2,(H2,27,28,29)/t19?,20-/m0/s1. The first-order valence-electron chi connectivity index (χ1n) is 9.62. The van der Waals surface area contributed by atoms with Crippen molar-refractivity contribution in [2.24, 2.45) is 5.92 Å². The summed E-state index contributed by atoms with van der Waals surface area (Å²) < 4.78 is 43.9. The van der Waals surface area contributed by atoms with Crippen molar-refractivity contribution >= 4 is 19.3 Å². The lowest BCUT2D eigenvalue weighted by Gasteiger charge is -2.27. The minimum atomic E-state index is -4.79. The largest absolute Gasteiger partial charge is 0.524 e. The minimum absolute atomic E-state index is 0.00355. The molecule has 2 aromatic rings. The Bertz CT molecular complexity index is 1100. The Morgan fingerprint density at radius 1 is 1.16 bits per heavy atom. The van der Waals surface area contributed by atoms with Gasteiger partial charge in [0.15, 0.2) is 0 Å². The van der Waals surface area contributed by atoms with Gasteiger partial charge in [0, 0.05) is 12.1 Å². The minimum Gasteiger partial charge on any atom is -0.404 e. The van der Waals surface area contributed by atoms with Crippen molar-refractivity contribution in [3.05, 3.63) is 71.3 Å². The number of rotatable bonds is 6. The predicted octanol–water partition coefficient (Wildman–Crippen LogP) is 3.17. The number of hydrogen-bond donors (Lipinski definition) is 3. The van der Waals surface area contributed by atoms with Gasteiger partial charge in [0.05, 0.1) is 6.04 Å². The van der Waals surface area contributed by atoms with Gasteiger partial charge in [-0.1, -0.05) is 18.2 Å². The first kappa shape index (κ1) is 21.6. The second-order valence-corrected chi connectivity index (χ2v) is 8.83. The van der Waals surface area contributed by atoms with Crippen LogP contribution in [0.3, 0.4) is 0 Å². The molecule has 1 saturated carbocycles. The number of halogens is 2. The van der Waals surface area contributed by atoms with Crippen molar-refractivity contribution in [2.75, 3.05) is 6.54 Å². The molecule has 1 amide bonds. The van der Waals surface area contributed by atoms with E-state index in [2.05, 4.69) is 4.52 Å². The Labute approximate surface area is 176 Å². The summed E-state index contributed by atoms with van der Waals surface area (Å²) in [5, 5.41) is 10.4. The topological polar surface area (TPSA) is 107 Å². The highest BCUT2D eigenvalue weighted by atomic mass is 31.2. The Balaban J connectivity index is 1.72. The van der Waals surface area contributed by atoms with Crippen molar-refractivity contribution in [3.63, 3.8) is 0 Å². The number of benzene rings is 2. The van der Waals surface area contributed by atoms with Crippen LogP contribution >= 0.6 is 7.82 Å². The van der Waals surface area contributed by atoms with E-state index in [0.29, 0.717) is 11.1 Å². The molecule has 31 heavy (non-hydrogen) atoms. The van der Waals surface area contributed by atoms with Gasteiger partial charge in [-0.25, -0.2) is 13.3 Å². The number of amides is 1. The molecule has 0 aromatic heterocycles. The molecule has 2 atom stereocenters. The van der Waals surface area contributed by atoms with E-state index in [1.54, 1.807) is 12.1 Å². The molecule has 164 valence electrons. The monoisotopic (exact) mass is 451 g/mol. The number of carbonyl (C=O) groups is 1. The summed E-state index contributed by atoms with van der Waals surface area (Å²) in [7, 11) is -4.79. The van der Waals surface area contributed by atoms with E-state index in [4.69, 9.17) is 9.79 Å². The van der Waals surface area contributed by atoms with Crippen LogP contribution in [0.5, 0.6) is 5.75 Å². The average molecular weight is 451 g/mol. The highest BCUT2D eigenvalue weighted by Gasteiger charge is 2.41. The van der Waals surface area contributed by atoms with Crippen LogP contribution < -0.4 is 4.52 Å². The van der Waals surface area contributed by atoms with Gasteiger partial charge >= 0.3 is 7.82 Å². The van der Waals surface area contributed by atoms with Crippen molar-refractivity contribution in [2.45, 2.75) is 25.0 Å². The van der Waals surface area contributed by atoms with E-state index in [0.717, 1.165) is 31.0 Å². The zero-order valence-corrected chi connectivity index (χ0v) is 17.1. The van der Waals surface area contributed by atoms with Gasteiger partial charge in [-0.2, -0.15) is 0 Å². The molecule has 1 aliphatic carbocycles. The number of phosphoric ester groups is 1. The lowest BCUT2D eigenvalue weighted by molar-refractivity contribution is -0.141. The SMILES string of the molecule is O=C([C@@H](O)C1CC1)N1CC(c2cc(F)ccc2F)=CC1c1cccc(OP(=O)(O)O)c1. The molecular weight excluding hydrogens is 431 g/mol. The zero-order chi connectivity index (χ0) is 22.3. The van der Waals surface area contributed by atoms with E-state index in [9.17, 15) is 23.2 Å². The molecule has 1 aliphatic heterocycles. The summed E-state index contributed by atoms with van der Waals surface area (Å²) in [5.41, 5.74) is 0.803. The number of phosphoric acid groups is 1. The first-order chi connectivity index (χ1) is 14.6. The second-order valence-electron chi connectivity index (χ2n) is 7.66. The Morgan fingerprint density at radius 3 is 2.58 bits per heavy atom. The third-order valence-electron chi connectivity index (χ3n) is 5.34. The van der Waals surface area contributed by atoms with Gasteiger partial charge in [-0.3, -0.25) is 14.6 Å². The third-order valence-corrected chi connectivity index (χ3v) is 5.79. The smallest absolute Gasteiger partial charge is 0.404 e. The normalized spacial score (nSPS) is 19.8. The van der Waals surface area contributed by atoms with Crippen molar-refractivity contribution < 1.29 is 37.6 Å². The van der Waals surface area contributed by atoms with Gasteiger partial charge < -0.3 is 14.5 Å². The molecule has 4 rings (SSSR count). The van der Waals surface area contributed by atoms with Crippen molar-refractivity contribution in [1.82, 2.24) is 4.90 Å². The van der Waals surface area contributed by atoms with E-state index < -0.39 is 37.5 Å². The van der Waals surface area contributed by atoms with Crippen LogP contribution in [-0.4, -0.2) is 38.3 Å². The molecular formula is C21H20F2NO6P. The maximum atomic E-state index is 14.4. The molecule has 1 fully saturated rings. The molecule has 0 radical (unpaired) electrons. The number of aliphatic hydroxyl groups excluding tert-OH is 1. The fraction of sp³-hybridized carbons (Fsp3) is 0.286. The maximum Gasteiger partial charge on any atom is 0.524 e. The molecule has 2 aliphatic rings. The third kappa shape index (κ3) is 4.85. The molecule has 10 heteroatoms. The van der Waals surface area contributed by atoms with Crippen molar-refractivity contribution in [3.8, 4) is 5.75 Å². The van der Waals surface area contributed by atoms with Crippen LogP contribution in [0.1, 0.15) is 30.0 Å². The molecule has 0 bridgehead atoms. The molecule has 0 saturated heterocycles. The first-order valence-corrected chi connectivity index (χ1v) is 11.2. The van der Waals surface area contributed by atoms with Crippen LogP contribution in [0.25, 0.3) is 5.57 Å². The number of carbonyl (C=O) groups excluding carboxylic acids is 1. The fourth-order valence-electron chi connectivity index (χ4n) is 3.70. The quantitative estimate of drug-likeness (QED) is 0.583. The zero-order valence-electron chi connectivity index (χ0n) is 16.2. The highest BCUT2D eigenvalue weighted by molar-refractivity contribution is 7.46. The molecule has 7 nitrogen and oxygen atoms in total. The van der Waals surface area contributed by atoms with Gasteiger partial charge in [-0.05, 0) is 60.2 Å². The van der Waals surface area contributed by atoms with E-state index in [1.165, 1.54) is 23.1 Å².